The molecule has 0 spiro atoms. The Morgan fingerprint density at radius 1 is 1.47 bits per heavy atom. The summed E-state index contributed by atoms with van der Waals surface area (Å²) in [6, 6.07) is 6.49. The van der Waals surface area contributed by atoms with Gasteiger partial charge >= 0.3 is 5.97 Å². The molecule has 0 aromatic heterocycles. The van der Waals surface area contributed by atoms with E-state index in [0.29, 0.717) is 15.6 Å². The van der Waals surface area contributed by atoms with Gasteiger partial charge in [0.15, 0.2) is 0 Å². The van der Waals surface area contributed by atoms with Gasteiger partial charge in [0.05, 0.1) is 10.0 Å². The first-order valence-corrected chi connectivity index (χ1v) is 4.82. The van der Waals surface area contributed by atoms with Gasteiger partial charge in [-0.2, -0.15) is 5.26 Å². The van der Waals surface area contributed by atoms with Gasteiger partial charge in [-0.25, -0.2) is 0 Å². The molecule has 1 rings (SSSR count). The molecule has 15 heavy (non-hydrogen) atoms. The average molecular weight is 244 g/mol. The van der Waals surface area contributed by atoms with Crippen molar-refractivity contribution in [1.29, 1.82) is 5.26 Å². The molecule has 0 radical (unpaired) electrons. The molecular weight excluding hydrogens is 237 g/mol. The highest BCUT2D eigenvalue weighted by Gasteiger charge is 2.14. The molecule has 0 amide bonds. The van der Waals surface area contributed by atoms with E-state index in [2.05, 4.69) is 0 Å². The molecule has 0 saturated carbocycles. The Bertz CT molecular complexity index is 426. The topological polar surface area (TPSA) is 50.1 Å². The van der Waals surface area contributed by atoms with Crippen LogP contribution in [0.3, 0.4) is 0 Å². The van der Waals surface area contributed by atoms with Crippen molar-refractivity contribution in [1.82, 2.24) is 0 Å². The minimum Gasteiger partial charge on any atom is -0.442 e. The summed E-state index contributed by atoms with van der Waals surface area (Å²) in [5, 5.41) is 9.49. The second kappa shape index (κ2) is 5.01. The molecule has 1 aromatic carbocycles. The van der Waals surface area contributed by atoms with Gasteiger partial charge in [0.2, 0.25) is 6.10 Å². The van der Waals surface area contributed by atoms with E-state index in [1.54, 1.807) is 12.1 Å². The highest BCUT2D eigenvalue weighted by Crippen LogP contribution is 2.26. The summed E-state index contributed by atoms with van der Waals surface area (Å²) in [7, 11) is 0. The predicted octanol–water partition coefficient (Wildman–Crippen LogP) is 3.12. The second-order valence-corrected chi connectivity index (χ2v) is 3.61. The first-order valence-electron chi connectivity index (χ1n) is 4.06. The van der Waals surface area contributed by atoms with E-state index in [4.69, 9.17) is 33.2 Å². The molecule has 0 saturated heterocycles. The summed E-state index contributed by atoms with van der Waals surface area (Å²) >= 11 is 11.5. The molecule has 5 heteroatoms. The summed E-state index contributed by atoms with van der Waals surface area (Å²) in [6.45, 7) is 1.24. The molecule has 1 unspecified atom stereocenters. The second-order valence-electron chi connectivity index (χ2n) is 2.79. The molecule has 78 valence electrons. The van der Waals surface area contributed by atoms with E-state index in [1.807, 2.05) is 6.07 Å². The third-order valence-electron chi connectivity index (χ3n) is 1.65. The zero-order chi connectivity index (χ0) is 11.4. The fraction of sp³-hybridized carbons (Fsp3) is 0.200. The molecule has 0 aliphatic carbocycles. The number of hydrogen-bond acceptors (Lipinski definition) is 3. The lowest BCUT2D eigenvalue weighted by molar-refractivity contribution is -0.144. The van der Waals surface area contributed by atoms with Crippen molar-refractivity contribution in [2.45, 2.75) is 13.0 Å². The number of ether oxygens (including phenoxy) is 1. The number of carbonyl (C=O) groups is 1. The number of rotatable bonds is 2. The molecule has 1 atom stereocenters. The van der Waals surface area contributed by atoms with Crippen LogP contribution in [0.4, 0.5) is 0 Å². The van der Waals surface area contributed by atoms with Crippen molar-refractivity contribution < 1.29 is 9.53 Å². The van der Waals surface area contributed by atoms with Gasteiger partial charge in [-0.3, -0.25) is 4.79 Å². The zero-order valence-electron chi connectivity index (χ0n) is 7.83. The molecule has 0 aliphatic heterocycles. The summed E-state index contributed by atoms with van der Waals surface area (Å²) in [5.41, 5.74) is 0.502. The zero-order valence-corrected chi connectivity index (χ0v) is 9.34. The van der Waals surface area contributed by atoms with Gasteiger partial charge in [-0.05, 0) is 12.1 Å². The van der Waals surface area contributed by atoms with E-state index in [-0.39, 0.29) is 0 Å². The van der Waals surface area contributed by atoms with Crippen LogP contribution in [0.5, 0.6) is 0 Å². The third kappa shape index (κ3) is 3.12. The van der Waals surface area contributed by atoms with Crippen molar-refractivity contribution >= 4 is 29.2 Å². The Labute approximate surface area is 97.2 Å². The van der Waals surface area contributed by atoms with Crippen LogP contribution in [0.15, 0.2) is 18.2 Å². The lowest BCUT2D eigenvalue weighted by atomic mass is 10.1. The first-order chi connectivity index (χ1) is 7.04. The van der Waals surface area contributed by atoms with Crippen LogP contribution >= 0.6 is 23.2 Å². The van der Waals surface area contributed by atoms with E-state index in [9.17, 15) is 4.79 Å². The van der Waals surface area contributed by atoms with Gasteiger partial charge in [-0.1, -0.05) is 29.3 Å². The van der Waals surface area contributed by atoms with Crippen LogP contribution in [-0.4, -0.2) is 5.97 Å². The lowest BCUT2D eigenvalue weighted by Crippen LogP contribution is -2.06. The summed E-state index contributed by atoms with van der Waals surface area (Å²) < 4.78 is 4.78. The van der Waals surface area contributed by atoms with E-state index in [0.717, 1.165) is 0 Å². The van der Waals surface area contributed by atoms with Crippen LogP contribution in [0.1, 0.15) is 18.6 Å². The minimum absolute atomic E-state index is 0.321. The van der Waals surface area contributed by atoms with Crippen molar-refractivity contribution in [3.8, 4) is 6.07 Å². The maximum Gasteiger partial charge on any atom is 0.304 e. The van der Waals surface area contributed by atoms with Crippen molar-refractivity contribution in [2.24, 2.45) is 0 Å². The molecule has 0 aliphatic rings. The maximum atomic E-state index is 10.7. The number of carbonyl (C=O) groups excluding carboxylic acids is 1. The highest BCUT2D eigenvalue weighted by molar-refractivity contribution is 6.42. The van der Waals surface area contributed by atoms with Crippen LogP contribution in [0.2, 0.25) is 10.0 Å². The largest absolute Gasteiger partial charge is 0.442 e. The lowest BCUT2D eigenvalue weighted by Gasteiger charge is -2.09. The smallest absolute Gasteiger partial charge is 0.304 e. The normalized spacial score (nSPS) is 11.6. The maximum absolute atomic E-state index is 10.7. The number of halogens is 2. The highest BCUT2D eigenvalue weighted by atomic mass is 35.5. The molecular formula is C10H7Cl2NO2. The van der Waals surface area contributed by atoms with Gasteiger partial charge in [0, 0.05) is 12.5 Å². The Kier molecular flexibility index (Phi) is 3.96. The van der Waals surface area contributed by atoms with Crippen LogP contribution in [0.25, 0.3) is 0 Å². The number of esters is 1. The van der Waals surface area contributed by atoms with Crippen LogP contribution in [0, 0.1) is 11.3 Å². The van der Waals surface area contributed by atoms with Crippen LogP contribution in [-0.2, 0) is 9.53 Å². The Morgan fingerprint density at radius 3 is 2.60 bits per heavy atom. The summed E-state index contributed by atoms with van der Waals surface area (Å²) in [4.78, 5) is 10.7. The number of nitrogens with zero attached hydrogens (tertiary/aromatic N) is 1. The van der Waals surface area contributed by atoms with Gasteiger partial charge in [-0.15, -0.1) is 0 Å². The van der Waals surface area contributed by atoms with Gasteiger partial charge < -0.3 is 4.74 Å². The van der Waals surface area contributed by atoms with E-state index >= 15 is 0 Å². The van der Waals surface area contributed by atoms with E-state index < -0.39 is 12.1 Å². The summed E-state index contributed by atoms with van der Waals surface area (Å²) in [5.74, 6) is -0.521. The van der Waals surface area contributed by atoms with E-state index in [1.165, 1.54) is 13.0 Å². The predicted molar refractivity (Wildman–Crippen MR) is 56.6 cm³/mol. The first kappa shape index (κ1) is 11.8. The number of benzene rings is 1. The SMILES string of the molecule is CC(=O)OC(C#N)c1ccc(Cl)c(Cl)c1. The van der Waals surface area contributed by atoms with Crippen LogP contribution < -0.4 is 0 Å². The van der Waals surface area contributed by atoms with Crippen molar-refractivity contribution in [3.63, 3.8) is 0 Å². The Hall–Kier alpha value is -1.24. The van der Waals surface area contributed by atoms with Gasteiger partial charge in [0.1, 0.15) is 6.07 Å². The number of hydrogen-bond donors (Lipinski definition) is 0. The molecule has 1 aromatic rings. The minimum atomic E-state index is -0.947. The Balaban J connectivity index is 2.98. The fourth-order valence-corrected chi connectivity index (χ4v) is 1.32. The molecule has 3 nitrogen and oxygen atoms in total. The van der Waals surface area contributed by atoms with Crippen molar-refractivity contribution in [3.05, 3.63) is 33.8 Å². The molecule has 0 heterocycles. The fourth-order valence-electron chi connectivity index (χ4n) is 1.01. The number of nitriles is 1. The monoisotopic (exact) mass is 243 g/mol. The quantitative estimate of drug-likeness (QED) is 0.751. The molecule has 0 fully saturated rings. The van der Waals surface area contributed by atoms with Crippen molar-refractivity contribution in [2.75, 3.05) is 0 Å². The standard InChI is InChI=1S/C10H7Cl2NO2/c1-6(14)15-10(5-13)7-2-3-8(11)9(12)4-7/h2-4,10H,1H3. The summed E-state index contributed by atoms with van der Waals surface area (Å²) in [6.07, 6.45) is -0.947. The molecule has 0 N–H and O–H groups in total. The Morgan fingerprint density at radius 2 is 2.13 bits per heavy atom. The average Bonchev–Trinajstić information content (AvgIpc) is 2.18. The third-order valence-corrected chi connectivity index (χ3v) is 2.39. The molecule has 0 bridgehead atoms. The van der Waals surface area contributed by atoms with Gasteiger partial charge in [0.25, 0.3) is 0 Å².